The molecular weight excluding hydrogens is 360 g/mol. The average Bonchev–Trinajstić information content (AvgIpc) is 2.79. The molecule has 0 amide bonds. The number of hydrogen-bond acceptors (Lipinski definition) is 4. The molecule has 0 unspecified atom stereocenters. The fraction of sp³-hybridized carbons (Fsp3) is 0.440. The number of nitrogens with zero attached hydrogens (tertiary/aromatic N) is 2. The van der Waals surface area contributed by atoms with Crippen LogP contribution < -0.4 is 14.4 Å². The van der Waals surface area contributed by atoms with Crippen molar-refractivity contribution in [3.8, 4) is 11.5 Å². The number of benzene rings is 2. The minimum absolute atomic E-state index is 0.970. The van der Waals surface area contributed by atoms with E-state index in [9.17, 15) is 0 Å². The third-order valence-corrected chi connectivity index (χ3v) is 6.21. The molecule has 0 spiro atoms. The summed E-state index contributed by atoms with van der Waals surface area (Å²) in [6.45, 7) is 5.44. The summed E-state index contributed by atoms with van der Waals surface area (Å²) >= 11 is 0. The Bertz CT molecular complexity index is 854. The standard InChI is InChI=1S/C25H32N2O2/c1-28-24-14-6-10-21-20(8-5-11-22(21)24)9-7-15-26-16-18-27(19-17-26)23-12-3-4-13-25(23)29-2/h3-4,6,9-10,12-14H,5,7-8,11,15-19H2,1-2H3/b20-9+. The second-order valence-corrected chi connectivity index (χ2v) is 7.86. The van der Waals surface area contributed by atoms with Crippen LogP contribution >= 0.6 is 0 Å². The number of para-hydroxylation sites is 2. The molecule has 0 atom stereocenters. The quantitative estimate of drug-likeness (QED) is 0.715. The largest absolute Gasteiger partial charge is 0.496 e. The van der Waals surface area contributed by atoms with Gasteiger partial charge < -0.3 is 14.4 Å². The van der Waals surface area contributed by atoms with Gasteiger partial charge in [0.15, 0.2) is 0 Å². The Labute approximate surface area is 174 Å². The number of piperazine rings is 1. The van der Waals surface area contributed by atoms with Gasteiger partial charge in [0.05, 0.1) is 19.9 Å². The van der Waals surface area contributed by atoms with Crippen LogP contribution in [0, 0.1) is 0 Å². The molecule has 2 aromatic rings. The maximum atomic E-state index is 5.57. The van der Waals surface area contributed by atoms with Crippen LogP contribution in [0.25, 0.3) is 5.57 Å². The lowest BCUT2D eigenvalue weighted by Gasteiger charge is -2.36. The van der Waals surface area contributed by atoms with E-state index in [1.54, 1.807) is 14.2 Å². The van der Waals surface area contributed by atoms with E-state index >= 15 is 0 Å². The van der Waals surface area contributed by atoms with E-state index in [4.69, 9.17) is 9.47 Å². The van der Waals surface area contributed by atoms with Crippen LogP contribution in [0.2, 0.25) is 0 Å². The molecule has 0 saturated carbocycles. The van der Waals surface area contributed by atoms with Gasteiger partial charge in [-0.3, -0.25) is 4.90 Å². The molecule has 29 heavy (non-hydrogen) atoms. The van der Waals surface area contributed by atoms with E-state index in [1.807, 2.05) is 12.1 Å². The molecule has 0 N–H and O–H groups in total. The summed E-state index contributed by atoms with van der Waals surface area (Å²) in [5.41, 5.74) is 5.50. The van der Waals surface area contributed by atoms with Crippen molar-refractivity contribution in [2.75, 3.05) is 51.8 Å². The van der Waals surface area contributed by atoms with Gasteiger partial charge in [-0.05, 0) is 55.0 Å². The maximum Gasteiger partial charge on any atom is 0.142 e. The summed E-state index contributed by atoms with van der Waals surface area (Å²) in [4.78, 5) is 5.02. The molecule has 1 aliphatic carbocycles. The summed E-state index contributed by atoms with van der Waals surface area (Å²) in [6, 6.07) is 14.8. The van der Waals surface area contributed by atoms with Gasteiger partial charge in [0, 0.05) is 38.3 Å². The Hall–Kier alpha value is -2.46. The molecule has 4 nitrogen and oxygen atoms in total. The Kier molecular flexibility index (Phi) is 6.40. The molecule has 0 aromatic heterocycles. The highest BCUT2D eigenvalue weighted by atomic mass is 16.5. The zero-order chi connectivity index (χ0) is 20.1. The van der Waals surface area contributed by atoms with Gasteiger partial charge >= 0.3 is 0 Å². The van der Waals surface area contributed by atoms with E-state index in [2.05, 4.69) is 46.2 Å². The lowest BCUT2D eigenvalue weighted by Crippen LogP contribution is -2.46. The van der Waals surface area contributed by atoms with Gasteiger partial charge in [0.1, 0.15) is 11.5 Å². The molecule has 1 aliphatic heterocycles. The molecular formula is C25H32N2O2. The van der Waals surface area contributed by atoms with Crippen molar-refractivity contribution in [1.82, 2.24) is 4.90 Å². The Balaban J connectivity index is 1.33. The van der Waals surface area contributed by atoms with Crippen molar-refractivity contribution >= 4 is 11.3 Å². The first-order valence-electron chi connectivity index (χ1n) is 10.8. The van der Waals surface area contributed by atoms with Crippen LogP contribution in [0.4, 0.5) is 5.69 Å². The van der Waals surface area contributed by atoms with Gasteiger partial charge in [-0.1, -0.05) is 30.3 Å². The first-order chi connectivity index (χ1) is 14.3. The highest BCUT2D eigenvalue weighted by molar-refractivity contribution is 5.72. The molecule has 1 saturated heterocycles. The lowest BCUT2D eigenvalue weighted by atomic mass is 9.86. The summed E-state index contributed by atoms with van der Waals surface area (Å²) < 4.78 is 11.1. The van der Waals surface area contributed by atoms with Crippen LogP contribution in [-0.2, 0) is 6.42 Å². The molecule has 2 aliphatic rings. The van der Waals surface area contributed by atoms with Crippen LogP contribution in [-0.4, -0.2) is 51.8 Å². The molecule has 1 heterocycles. The van der Waals surface area contributed by atoms with Crippen molar-refractivity contribution in [3.63, 3.8) is 0 Å². The zero-order valence-corrected chi connectivity index (χ0v) is 17.7. The molecule has 2 aromatic carbocycles. The predicted octanol–water partition coefficient (Wildman–Crippen LogP) is 4.64. The van der Waals surface area contributed by atoms with E-state index in [0.29, 0.717) is 0 Å². The first-order valence-corrected chi connectivity index (χ1v) is 10.8. The number of ether oxygens (including phenoxy) is 2. The van der Waals surface area contributed by atoms with Gasteiger partial charge in [-0.2, -0.15) is 0 Å². The third kappa shape index (κ3) is 4.43. The molecule has 4 rings (SSSR count). The summed E-state index contributed by atoms with van der Waals surface area (Å²) in [5, 5.41) is 0. The minimum Gasteiger partial charge on any atom is -0.496 e. The topological polar surface area (TPSA) is 24.9 Å². The number of fused-ring (bicyclic) bond motifs is 1. The van der Waals surface area contributed by atoms with Gasteiger partial charge in [0.25, 0.3) is 0 Å². The second-order valence-electron chi connectivity index (χ2n) is 7.86. The van der Waals surface area contributed by atoms with Crippen molar-refractivity contribution in [2.24, 2.45) is 0 Å². The van der Waals surface area contributed by atoms with Crippen molar-refractivity contribution in [1.29, 1.82) is 0 Å². The molecule has 1 fully saturated rings. The highest BCUT2D eigenvalue weighted by Gasteiger charge is 2.20. The molecule has 4 heteroatoms. The lowest BCUT2D eigenvalue weighted by molar-refractivity contribution is 0.262. The third-order valence-electron chi connectivity index (χ3n) is 6.21. The van der Waals surface area contributed by atoms with E-state index in [0.717, 1.165) is 57.1 Å². The van der Waals surface area contributed by atoms with Crippen LogP contribution in [0.5, 0.6) is 11.5 Å². The van der Waals surface area contributed by atoms with Crippen molar-refractivity contribution in [2.45, 2.75) is 25.7 Å². The van der Waals surface area contributed by atoms with E-state index < -0.39 is 0 Å². The Morgan fingerprint density at radius 3 is 2.41 bits per heavy atom. The first kappa shape index (κ1) is 19.8. The highest BCUT2D eigenvalue weighted by Crippen LogP contribution is 2.36. The monoisotopic (exact) mass is 392 g/mol. The maximum absolute atomic E-state index is 5.57. The summed E-state index contributed by atoms with van der Waals surface area (Å²) in [5.74, 6) is 2.01. The van der Waals surface area contributed by atoms with Gasteiger partial charge in [-0.25, -0.2) is 0 Å². The Morgan fingerprint density at radius 1 is 0.862 bits per heavy atom. The fourth-order valence-corrected chi connectivity index (χ4v) is 4.64. The molecule has 0 radical (unpaired) electrons. The molecule has 0 bridgehead atoms. The van der Waals surface area contributed by atoms with Crippen molar-refractivity contribution < 1.29 is 9.47 Å². The van der Waals surface area contributed by atoms with Crippen molar-refractivity contribution in [3.05, 3.63) is 59.7 Å². The number of allylic oxidation sites excluding steroid dienone is 1. The van der Waals surface area contributed by atoms with Crippen LogP contribution in [0.3, 0.4) is 0 Å². The summed E-state index contributed by atoms with van der Waals surface area (Å²) in [6.07, 6.45) is 7.10. The molecule has 154 valence electrons. The van der Waals surface area contributed by atoms with Gasteiger partial charge in [-0.15, -0.1) is 0 Å². The second kappa shape index (κ2) is 9.36. The number of rotatable bonds is 6. The SMILES string of the molecule is COc1ccccc1N1CCN(CC/C=C2\CCCc3c(OC)cccc32)CC1. The minimum atomic E-state index is 0.970. The zero-order valence-electron chi connectivity index (χ0n) is 17.7. The number of anilines is 1. The Morgan fingerprint density at radius 2 is 1.62 bits per heavy atom. The van der Waals surface area contributed by atoms with Crippen LogP contribution in [0.1, 0.15) is 30.4 Å². The average molecular weight is 393 g/mol. The fourth-order valence-electron chi connectivity index (χ4n) is 4.64. The smallest absolute Gasteiger partial charge is 0.142 e. The van der Waals surface area contributed by atoms with E-state index in [-0.39, 0.29) is 0 Å². The van der Waals surface area contributed by atoms with Gasteiger partial charge in [0.2, 0.25) is 0 Å². The normalized spacial score (nSPS) is 18.6. The predicted molar refractivity (Wildman–Crippen MR) is 120 cm³/mol. The number of methoxy groups -OCH3 is 2. The van der Waals surface area contributed by atoms with E-state index in [1.165, 1.54) is 35.2 Å². The van der Waals surface area contributed by atoms with Crippen LogP contribution in [0.15, 0.2) is 48.5 Å². The number of hydrogen-bond donors (Lipinski definition) is 0. The summed E-state index contributed by atoms with van der Waals surface area (Å²) in [7, 11) is 3.53.